The Morgan fingerprint density at radius 2 is 1.57 bits per heavy atom. The first kappa shape index (κ1) is 20.8. The van der Waals surface area contributed by atoms with E-state index in [1.165, 1.54) is 24.3 Å². The highest BCUT2D eigenvalue weighted by Gasteiger charge is 2.48. The number of hydrogen-bond acceptors (Lipinski definition) is 7. The zero-order valence-electron chi connectivity index (χ0n) is 15.3. The lowest BCUT2D eigenvalue weighted by molar-refractivity contribution is -0.117. The maximum atomic E-state index is 13.4. The van der Waals surface area contributed by atoms with Crippen LogP contribution in [0.5, 0.6) is 0 Å². The van der Waals surface area contributed by atoms with Crippen LogP contribution in [0.2, 0.25) is 10.0 Å². The van der Waals surface area contributed by atoms with E-state index in [-0.39, 0.29) is 10.0 Å². The van der Waals surface area contributed by atoms with Crippen molar-refractivity contribution < 1.29 is 18.3 Å². The van der Waals surface area contributed by atoms with Gasteiger partial charge in [0.15, 0.2) is 5.76 Å². The maximum absolute atomic E-state index is 13.4. The summed E-state index contributed by atoms with van der Waals surface area (Å²) in [6, 6.07) is 10.7. The molecule has 11 heteroatoms. The zero-order valence-corrected chi connectivity index (χ0v) is 18.4. The van der Waals surface area contributed by atoms with E-state index in [0.29, 0.717) is 20.6 Å². The van der Waals surface area contributed by atoms with E-state index in [1.54, 1.807) is 31.2 Å². The minimum absolute atomic E-state index is 0.101. The fourth-order valence-electron chi connectivity index (χ4n) is 3.12. The molecule has 1 aliphatic heterocycles. The monoisotopic (exact) mass is 481 g/mol. The van der Waals surface area contributed by atoms with Crippen molar-refractivity contribution in [3.63, 3.8) is 0 Å². The molecule has 1 amide bonds. The van der Waals surface area contributed by atoms with Gasteiger partial charge in [-0.1, -0.05) is 46.7 Å². The lowest BCUT2D eigenvalue weighted by Gasteiger charge is -2.24. The predicted molar refractivity (Wildman–Crippen MR) is 115 cm³/mol. The summed E-state index contributed by atoms with van der Waals surface area (Å²) in [5, 5.41) is 20.1. The van der Waals surface area contributed by atoms with Gasteiger partial charge in [0.25, 0.3) is 5.91 Å². The number of carbonyl (C=O) groups is 1. The highest BCUT2D eigenvalue weighted by molar-refractivity contribution is 7.95. The van der Waals surface area contributed by atoms with Crippen molar-refractivity contribution in [3.05, 3.63) is 79.8 Å². The second-order valence-corrected chi connectivity index (χ2v) is 10.4. The minimum atomic E-state index is -4.25. The Kier molecular flexibility index (Phi) is 5.31. The van der Waals surface area contributed by atoms with Crippen molar-refractivity contribution in [2.45, 2.75) is 17.9 Å². The Morgan fingerprint density at radius 1 is 1.00 bits per heavy atom. The Hall–Kier alpha value is -2.46. The van der Waals surface area contributed by atoms with Gasteiger partial charge in [0.05, 0.1) is 4.90 Å². The number of aliphatic hydroxyl groups excluding tert-OH is 1. The number of nitrogens with zero attached hydrogens (tertiary/aromatic N) is 3. The zero-order chi connectivity index (χ0) is 21.6. The molecule has 0 fully saturated rings. The fraction of sp³-hybridized carbons (Fsp3) is 0.105. The molecule has 0 unspecified atom stereocenters. The molecule has 4 rings (SSSR count). The van der Waals surface area contributed by atoms with Crippen LogP contribution in [0.15, 0.2) is 64.1 Å². The molecule has 2 heterocycles. The summed E-state index contributed by atoms with van der Waals surface area (Å²) in [6.07, 6.45) is 0. The molecule has 7 nitrogen and oxygen atoms in total. The number of halogens is 2. The number of aryl methyl sites for hydroxylation is 1. The minimum Gasteiger partial charge on any atom is -0.502 e. The van der Waals surface area contributed by atoms with Crippen LogP contribution in [0.25, 0.3) is 0 Å². The number of rotatable bonds is 4. The van der Waals surface area contributed by atoms with Crippen LogP contribution in [0.4, 0.5) is 5.13 Å². The summed E-state index contributed by atoms with van der Waals surface area (Å²) in [6.45, 7) is 1.71. The summed E-state index contributed by atoms with van der Waals surface area (Å²) < 4.78 is 26.9. The SMILES string of the molecule is Cc1nnc(N2C(=O)C(O)=C(S(=O)(=O)c3ccc(Cl)cc3)[C@@H]2c2ccc(Cl)cc2)s1. The first-order chi connectivity index (χ1) is 14.2. The largest absolute Gasteiger partial charge is 0.502 e. The lowest BCUT2D eigenvalue weighted by atomic mass is 10.1. The van der Waals surface area contributed by atoms with Crippen LogP contribution in [-0.4, -0.2) is 29.6 Å². The van der Waals surface area contributed by atoms with E-state index >= 15 is 0 Å². The molecule has 0 saturated carbocycles. The first-order valence-electron chi connectivity index (χ1n) is 8.53. The van der Waals surface area contributed by atoms with Crippen molar-refractivity contribution in [1.29, 1.82) is 0 Å². The number of aliphatic hydroxyl groups is 1. The molecule has 0 aliphatic carbocycles. The number of sulfone groups is 1. The molecular formula is C19H13Cl2N3O4S2. The van der Waals surface area contributed by atoms with Gasteiger partial charge in [-0.2, -0.15) is 0 Å². The van der Waals surface area contributed by atoms with Crippen molar-refractivity contribution >= 4 is 55.4 Å². The smallest absolute Gasteiger partial charge is 0.296 e. The average molecular weight is 482 g/mol. The van der Waals surface area contributed by atoms with E-state index < -0.39 is 32.5 Å². The summed E-state index contributed by atoms with van der Waals surface area (Å²) in [5.41, 5.74) is 0.442. The van der Waals surface area contributed by atoms with E-state index in [0.717, 1.165) is 16.2 Å². The molecular weight excluding hydrogens is 469 g/mol. The van der Waals surface area contributed by atoms with Crippen molar-refractivity contribution in [1.82, 2.24) is 10.2 Å². The molecule has 0 radical (unpaired) electrons. The molecule has 0 spiro atoms. The van der Waals surface area contributed by atoms with Gasteiger partial charge < -0.3 is 5.11 Å². The highest BCUT2D eigenvalue weighted by atomic mass is 35.5. The standard InChI is InChI=1S/C19H13Cl2N3O4S2/c1-10-22-23-19(29-10)24-15(11-2-4-12(20)5-3-11)17(16(25)18(24)26)30(27,28)14-8-6-13(21)7-9-14/h2-9,15,25H,1H3/t15-/m0/s1. The Bertz CT molecular complexity index is 1270. The van der Waals surface area contributed by atoms with Crippen LogP contribution < -0.4 is 4.90 Å². The van der Waals surface area contributed by atoms with E-state index in [1.807, 2.05) is 0 Å². The van der Waals surface area contributed by atoms with Gasteiger partial charge in [-0.25, -0.2) is 8.42 Å². The molecule has 1 N–H and O–H groups in total. The Labute approximate surface area is 186 Å². The van der Waals surface area contributed by atoms with E-state index in [2.05, 4.69) is 10.2 Å². The third-order valence-electron chi connectivity index (χ3n) is 4.48. The van der Waals surface area contributed by atoms with Gasteiger partial charge in [-0.05, 0) is 48.9 Å². The molecule has 2 aromatic carbocycles. The first-order valence-corrected chi connectivity index (χ1v) is 11.6. The second-order valence-electron chi connectivity index (χ2n) is 6.40. The number of hydrogen-bond donors (Lipinski definition) is 1. The molecule has 3 aromatic rings. The fourth-order valence-corrected chi connectivity index (χ4v) is 5.72. The second kappa shape index (κ2) is 7.66. The molecule has 30 heavy (non-hydrogen) atoms. The van der Waals surface area contributed by atoms with Crippen molar-refractivity contribution in [2.75, 3.05) is 4.90 Å². The summed E-state index contributed by atoms with van der Waals surface area (Å²) in [4.78, 5) is 13.5. The molecule has 1 aromatic heterocycles. The number of aromatic nitrogens is 2. The van der Waals surface area contributed by atoms with Crippen LogP contribution in [0.3, 0.4) is 0 Å². The normalized spacial score (nSPS) is 17.1. The molecule has 0 bridgehead atoms. The van der Waals surface area contributed by atoms with E-state index in [4.69, 9.17) is 23.2 Å². The van der Waals surface area contributed by atoms with Crippen LogP contribution in [0, 0.1) is 6.92 Å². The molecule has 0 saturated heterocycles. The molecule has 154 valence electrons. The van der Waals surface area contributed by atoms with Crippen molar-refractivity contribution in [2.24, 2.45) is 0 Å². The maximum Gasteiger partial charge on any atom is 0.296 e. The van der Waals surface area contributed by atoms with Crippen molar-refractivity contribution in [3.8, 4) is 0 Å². The third kappa shape index (κ3) is 3.47. The van der Waals surface area contributed by atoms with E-state index in [9.17, 15) is 18.3 Å². The van der Waals surface area contributed by atoms with Crippen LogP contribution in [0.1, 0.15) is 16.6 Å². The predicted octanol–water partition coefficient (Wildman–Crippen LogP) is 4.48. The highest BCUT2D eigenvalue weighted by Crippen LogP contribution is 2.45. The number of anilines is 1. The van der Waals surface area contributed by atoms with Gasteiger partial charge in [0, 0.05) is 10.0 Å². The number of carbonyl (C=O) groups excluding carboxylic acids is 1. The van der Waals surface area contributed by atoms with Gasteiger partial charge in [0.1, 0.15) is 16.0 Å². The van der Waals surface area contributed by atoms with Crippen LogP contribution >= 0.6 is 34.5 Å². The third-order valence-corrected chi connectivity index (χ3v) is 7.71. The molecule has 1 atom stereocenters. The summed E-state index contributed by atoms with van der Waals surface area (Å²) in [5.74, 6) is -1.74. The summed E-state index contributed by atoms with van der Waals surface area (Å²) >= 11 is 13.0. The average Bonchev–Trinajstić information content (AvgIpc) is 3.24. The number of amides is 1. The van der Waals surface area contributed by atoms with Gasteiger partial charge >= 0.3 is 0 Å². The summed E-state index contributed by atoms with van der Waals surface area (Å²) in [7, 11) is -4.25. The van der Waals surface area contributed by atoms with Gasteiger partial charge in [-0.15, -0.1) is 10.2 Å². The Morgan fingerprint density at radius 3 is 2.10 bits per heavy atom. The molecule has 1 aliphatic rings. The van der Waals surface area contributed by atoms with Crippen LogP contribution in [-0.2, 0) is 14.6 Å². The Balaban J connectivity index is 1.93. The van der Waals surface area contributed by atoms with Gasteiger partial charge in [0.2, 0.25) is 15.0 Å². The quantitative estimate of drug-likeness (QED) is 0.589. The van der Waals surface area contributed by atoms with Gasteiger partial charge in [-0.3, -0.25) is 9.69 Å². The lowest BCUT2D eigenvalue weighted by Crippen LogP contribution is -2.31. The number of benzene rings is 2. The topological polar surface area (TPSA) is 100 Å².